The Morgan fingerprint density at radius 1 is 1.12 bits per heavy atom. The zero-order chi connectivity index (χ0) is 25.3. The van der Waals surface area contributed by atoms with Crippen molar-refractivity contribution in [1.82, 2.24) is 4.57 Å². The van der Waals surface area contributed by atoms with Crippen molar-refractivity contribution in [3.8, 4) is 17.8 Å². The Morgan fingerprint density at radius 2 is 1.67 bits per heavy atom. The van der Waals surface area contributed by atoms with Gasteiger partial charge in [0, 0.05) is 19.3 Å². The number of aromatic nitrogens is 1. The van der Waals surface area contributed by atoms with Crippen molar-refractivity contribution in [2.45, 2.75) is 16.6 Å². The Hall–Kier alpha value is -2.06. The van der Waals surface area contributed by atoms with E-state index in [0.29, 0.717) is 17.9 Å². The quantitative estimate of drug-likeness (QED) is 0.415. The van der Waals surface area contributed by atoms with Gasteiger partial charge in [-0.3, -0.25) is 4.57 Å². The third-order valence-electron chi connectivity index (χ3n) is 4.28. The van der Waals surface area contributed by atoms with Crippen LogP contribution in [0.15, 0.2) is 17.0 Å². The third-order valence-corrected chi connectivity index (χ3v) is 6.62. The van der Waals surface area contributed by atoms with Crippen molar-refractivity contribution < 1.29 is 30.6 Å². The molecule has 0 aliphatic heterocycles. The van der Waals surface area contributed by atoms with E-state index in [1.807, 2.05) is 0 Å². The van der Waals surface area contributed by atoms with Crippen LogP contribution in [0.2, 0.25) is 10.0 Å². The second-order valence-corrected chi connectivity index (χ2v) is 9.56. The molecule has 1 aromatic carbocycles. The molecule has 15 heteroatoms. The van der Waals surface area contributed by atoms with Crippen molar-refractivity contribution in [1.29, 1.82) is 10.5 Å². The van der Waals surface area contributed by atoms with E-state index >= 15 is 0 Å². The van der Waals surface area contributed by atoms with Gasteiger partial charge in [-0.25, -0.2) is 4.21 Å². The van der Waals surface area contributed by atoms with E-state index < -0.39 is 65.8 Å². The van der Waals surface area contributed by atoms with E-state index in [4.69, 9.17) is 23.2 Å². The molecule has 2 rings (SSSR count). The highest BCUT2D eigenvalue weighted by atomic mass is 35.5. The third kappa shape index (κ3) is 5.38. The lowest BCUT2D eigenvalue weighted by Gasteiger charge is -2.24. The fourth-order valence-corrected chi connectivity index (χ4v) is 4.96. The molecular formula is C18H12Cl2F6N4OS2. The van der Waals surface area contributed by atoms with Crippen molar-refractivity contribution in [2.24, 2.45) is 0 Å². The summed E-state index contributed by atoms with van der Waals surface area (Å²) in [5.41, 5.74) is -8.56. The van der Waals surface area contributed by atoms with Crippen LogP contribution in [-0.4, -0.2) is 39.9 Å². The summed E-state index contributed by atoms with van der Waals surface area (Å²) >= 11 is 13.4. The molecule has 1 unspecified atom stereocenters. The van der Waals surface area contributed by atoms with Crippen LogP contribution < -0.4 is 4.90 Å². The smallest absolute Gasteiger partial charge is 0.359 e. The summed E-state index contributed by atoms with van der Waals surface area (Å²) in [6.07, 6.45) is -3.12. The monoisotopic (exact) mass is 548 g/mol. The predicted molar refractivity (Wildman–Crippen MR) is 114 cm³/mol. The topological polar surface area (TPSA) is 72.8 Å². The first-order chi connectivity index (χ1) is 15.2. The molecule has 0 fully saturated rings. The Labute approximate surface area is 200 Å². The molecule has 0 radical (unpaired) electrons. The highest BCUT2D eigenvalue weighted by molar-refractivity contribution is 7.98. The molecule has 0 saturated heterocycles. The van der Waals surface area contributed by atoms with Gasteiger partial charge in [0.2, 0.25) is 0 Å². The Balaban J connectivity index is 3.06. The molecule has 0 bridgehead atoms. The van der Waals surface area contributed by atoms with Crippen LogP contribution in [0.3, 0.4) is 0 Å². The van der Waals surface area contributed by atoms with Crippen LogP contribution in [-0.2, 0) is 17.0 Å². The molecule has 1 atom stereocenters. The summed E-state index contributed by atoms with van der Waals surface area (Å²) in [5.74, 6) is -0.130. The van der Waals surface area contributed by atoms with Gasteiger partial charge in [-0.15, -0.1) is 0 Å². The second kappa shape index (κ2) is 10.1. The number of nitriles is 2. The van der Waals surface area contributed by atoms with Crippen molar-refractivity contribution in [3.63, 3.8) is 0 Å². The molecule has 0 saturated carbocycles. The van der Waals surface area contributed by atoms with Gasteiger partial charge in [-0.1, -0.05) is 23.2 Å². The van der Waals surface area contributed by atoms with Crippen LogP contribution in [0.5, 0.6) is 0 Å². The van der Waals surface area contributed by atoms with E-state index in [9.17, 15) is 41.1 Å². The minimum atomic E-state index is -5.30. The normalized spacial score (nSPS) is 12.8. The standard InChI is InChI=1S/C18H12Cl2F6N4OS2/c1-29(3-4-32-2)16-15(33(31)18(24,25)26)10(7-27)13(8-28)30(16)14-11(19)5-9(6-12(14)20)17(21,22)23/h5-6H,3-4H2,1-2H3. The molecule has 2 aromatic rings. The fraction of sp³-hybridized carbons (Fsp3) is 0.333. The number of alkyl halides is 6. The van der Waals surface area contributed by atoms with Gasteiger partial charge >= 0.3 is 11.7 Å². The minimum Gasteiger partial charge on any atom is -0.359 e. The maximum absolute atomic E-state index is 13.4. The first-order valence-electron chi connectivity index (χ1n) is 8.54. The lowest BCUT2D eigenvalue weighted by Crippen LogP contribution is -2.26. The largest absolute Gasteiger partial charge is 0.476 e. The van der Waals surface area contributed by atoms with E-state index in [1.165, 1.54) is 29.8 Å². The van der Waals surface area contributed by atoms with Gasteiger partial charge in [0.15, 0.2) is 10.8 Å². The lowest BCUT2D eigenvalue weighted by molar-refractivity contribution is -0.137. The van der Waals surface area contributed by atoms with Gasteiger partial charge in [0.05, 0.1) is 21.3 Å². The summed E-state index contributed by atoms with van der Waals surface area (Å²) in [5, 5.41) is 17.9. The SMILES string of the molecule is CSCCN(C)c1c(S(=O)C(F)(F)F)c(C#N)c(C#N)n1-c1c(Cl)cc(C(F)(F)F)cc1Cl. The number of anilines is 1. The molecule has 33 heavy (non-hydrogen) atoms. The Kier molecular flexibility index (Phi) is 8.28. The van der Waals surface area contributed by atoms with Gasteiger partial charge in [0.1, 0.15) is 34.1 Å². The molecule has 0 N–H and O–H groups in total. The summed E-state index contributed by atoms with van der Waals surface area (Å²) in [6.45, 7) is 0.0683. The summed E-state index contributed by atoms with van der Waals surface area (Å²) in [6, 6.07) is 3.98. The molecule has 5 nitrogen and oxygen atoms in total. The summed E-state index contributed by atoms with van der Waals surface area (Å²) in [7, 11) is -2.44. The van der Waals surface area contributed by atoms with E-state index in [1.54, 1.807) is 12.3 Å². The number of nitrogens with zero attached hydrogens (tertiary/aromatic N) is 4. The van der Waals surface area contributed by atoms with Crippen LogP contribution in [0.1, 0.15) is 16.8 Å². The number of benzene rings is 1. The van der Waals surface area contributed by atoms with Gasteiger partial charge in [-0.2, -0.15) is 48.6 Å². The molecular weight excluding hydrogens is 537 g/mol. The van der Waals surface area contributed by atoms with Crippen molar-refractivity contribution in [2.75, 3.05) is 30.5 Å². The molecule has 0 aliphatic rings. The first-order valence-corrected chi connectivity index (χ1v) is 11.8. The maximum atomic E-state index is 13.4. The highest BCUT2D eigenvalue weighted by Crippen LogP contribution is 2.44. The lowest BCUT2D eigenvalue weighted by atomic mass is 10.2. The van der Waals surface area contributed by atoms with Gasteiger partial charge in [-0.05, 0) is 18.4 Å². The summed E-state index contributed by atoms with van der Waals surface area (Å²) in [4.78, 5) is 0.179. The maximum Gasteiger partial charge on any atom is 0.476 e. The molecule has 178 valence electrons. The van der Waals surface area contributed by atoms with Gasteiger partial charge in [0.25, 0.3) is 0 Å². The summed E-state index contributed by atoms with van der Waals surface area (Å²) < 4.78 is 92.8. The Bertz CT molecular complexity index is 1160. The first kappa shape index (κ1) is 27.2. The van der Waals surface area contributed by atoms with Crippen LogP contribution in [0.4, 0.5) is 32.2 Å². The molecule has 1 aromatic heterocycles. The number of hydrogen-bond acceptors (Lipinski definition) is 5. The molecule has 0 aliphatic carbocycles. The van der Waals surface area contributed by atoms with E-state index in [0.717, 1.165) is 4.57 Å². The van der Waals surface area contributed by atoms with Gasteiger partial charge < -0.3 is 4.90 Å². The van der Waals surface area contributed by atoms with Crippen LogP contribution in [0, 0.1) is 22.7 Å². The van der Waals surface area contributed by atoms with Crippen LogP contribution >= 0.6 is 35.0 Å². The molecule has 1 heterocycles. The fourth-order valence-electron chi connectivity index (χ4n) is 2.88. The zero-order valence-corrected chi connectivity index (χ0v) is 19.8. The molecule has 0 spiro atoms. The predicted octanol–water partition coefficient (Wildman–Crippen LogP) is 5.97. The number of hydrogen-bond donors (Lipinski definition) is 0. The van der Waals surface area contributed by atoms with Crippen molar-refractivity contribution in [3.05, 3.63) is 39.0 Å². The second-order valence-electron chi connectivity index (χ2n) is 6.35. The van der Waals surface area contributed by atoms with Crippen LogP contribution in [0.25, 0.3) is 5.69 Å². The van der Waals surface area contributed by atoms with Crippen molar-refractivity contribution >= 4 is 51.6 Å². The number of thioether (sulfide) groups is 1. The van der Waals surface area contributed by atoms with E-state index in [2.05, 4.69) is 0 Å². The number of rotatable bonds is 6. The highest BCUT2D eigenvalue weighted by Gasteiger charge is 2.44. The van der Waals surface area contributed by atoms with E-state index in [-0.39, 0.29) is 6.54 Å². The average molecular weight is 549 g/mol. The number of halogens is 8. The minimum absolute atomic E-state index is 0.0683. The molecule has 0 amide bonds. The average Bonchev–Trinajstić information content (AvgIpc) is 3.03. The Morgan fingerprint density at radius 3 is 2.06 bits per heavy atom. The zero-order valence-electron chi connectivity index (χ0n) is 16.6.